The van der Waals surface area contributed by atoms with E-state index in [1.54, 1.807) is 6.07 Å². The van der Waals surface area contributed by atoms with Gasteiger partial charge in [-0.25, -0.2) is 4.39 Å². The van der Waals surface area contributed by atoms with Gasteiger partial charge in [-0.1, -0.05) is 6.07 Å². The normalized spacial score (nSPS) is 15.4. The monoisotopic (exact) mass is 196 g/mol. The topological polar surface area (TPSA) is 18.5 Å². The lowest BCUT2D eigenvalue weighted by atomic mass is 10.2. The quantitative estimate of drug-likeness (QED) is 0.740. The molecule has 0 aliphatic heterocycles. The zero-order valence-electron chi connectivity index (χ0n) is 8.34. The van der Waals surface area contributed by atoms with Crippen molar-refractivity contribution in [1.29, 1.82) is 0 Å². The Hall–Kier alpha value is -1.25. The molecule has 2 nitrogen and oxygen atoms in total. The van der Waals surface area contributed by atoms with Crippen LogP contribution in [0.5, 0.6) is 11.5 Å². The Morgan fingerprint density at radius 3 is 2.57 bits per heavy atom. The van der Waals surface area contributed by atoms with E-state index < -0.39 is 0 Å². The highest BCUT2D eigenvalue weighted by molar-refractivity contribution is 5.47. The molecule has 0 heterocycles. The number of halogens is 1. The van der Waals surface area contributed by atoms with Crippen molar-refractivity contribution in [2.45, 2.75) is 25.9 Å². The second kappa shape index (κ2) is 3.48. The summed E-state index contributed by atoms with van der Waals surface area (Å²) in [6.45, 7) is 1.89. The summed E-state index contributed by atoms with van der Waals surface area (Å²) in [6.07, 6.45) is 2.36. The van der Waals surface area contributed by atoms with E-state index in [-0.39, 0.29) is 17.7 Å². The van der Waals surface area contributed by atoms with Gasteiger partial charge in [0.15, 0.2) is 17.3 Å². The van der Waals surface area contributed by atoms with Crippen LogP contribution in [0.15, 0.2) is 12.1 Å². The van der Waals surface area contributed by atoms with Gasteiger partial charge >= 0.3 is 0 Å². The largest absolute Gasteiger partial charge is 0.490 e. The van der Waals surface area contributed by atoms with Gasteiger partial charge in [0, 0.05) is 0 Å². The zero-order chi connectivity index (χ0) is 10.1. The molecule has 1 aromatic carbocycles. The van der Waals surface area contributed by atoms with Crippen LogP contribution in [-0.4, -0.2) is 13.2 Å². The maximum atomic E-state index is 13.3. The van der Waals surface area contributed by atoms with Crippen LogP contribution in [0.2, 0.25) is 0 Å². The summed E-state index contributed by atoms with van der Waals surface area (Å²) >= 11 is 0. The van der Waals surface area contributed by atoms with Crippen LogP contribution in [0, 0.1) is 12.7 Å². The smallest absolute Gasteiger partial charge is 0.197 e. The van der Waals surface area contributed by atoms with Crippen molar-refractivity contribution in [3.05, 3.63) is 23.5 Å². The summed E-state index contributed by atoms with van der Waals surface area (Å²) < 4.78 is 23.9. The first-order valence-electron chi connectivity index (χ1n) is 4.72. The molecule has 14 heavy (non-hydrogen) atoms. The van der Waals surface area contributed by atoms with Gasteiger partial charge in [-0.3, -0.25) is 0 Å². The predicted molar refractivity (Wildman–Crippen MR) is 51.3 cm³/mol. The lowest BCUT2D eigenvalue weighted by Gasteiger charge is -2.12. The molecule has 0 radical (unpaired) electrons. The molecule has 76 valence electrons. The number of hydrogen-bond donors (Lipinski definition) is 0. The number of hydrogen-bond acceptors (Lipinski definition) is 2. The maximum absolute atomic E-state index is 13.3. The van der Waals surface area contributed by atoms with Gasteiger partial charge in [-0.05, 0) is 31.4 Å². The first-order valence-corrected chi connectivity index (χ1v) is 4.72. The summed E-state index contributed by atoms with van der Waals surface area (Å²) in [5.74, 6) is 0.403. The minimum absolute atomic E-state index is 0.219. The van der Waals surface area contributed by atoms with Gasteiger partial charge in [0.1, 0.15) is 0 Å². The van der Waals surface area contributed by atoms with Crippen LogP contribution in [0.4, 0.5) is 4.39 Å². The van der Waals surface area contributed by atoms with E-state index in [1.165, 1.54) is 13.2 Å². The number of benzene rings is 1. The van der Waals surface area contributed by atoms with Crippen molar-refractivity contribution in [1.82, 2.24) is 0 Å². The average Bonchev–Trinajstić information content (AvgIpc) is 2.96. The highest BCUT2D eigenvalue weighted by Crippen LogP contribution is 2.37. The highest BCUT2D eigenvalue weighted by Gasteiger charge is 2.26. The lowest BCUT2D eigenvalue weighted by Crippen LogP contribution is -2.02. The minimum atomic E-state index is -0.367. The molecule has 0 saturated heterocycles. The molecule has 0 spiro atoms. The Morgan fingerprint density at radius 1 is 1.29 bits per heavy atom. The predicted octanol–water partition coefficient (Wildman–Crippen LogP) is 2.68. The third kappa shape index (κ3) is 1.67. The molecule has 0 atom stereocenters. The highest BCUT2D eigenvalue weighted by atomic mass is 19.1. The fraction of sp³-hybridized carbons (Fsp3) is 0.455. The van der Waals surface area contributed by atoms with Crippen LogP contribution in [0.3, 0.4) is 0 Å². The SMILES string of the molecule is COc1c(F)ccc(C)c1OC1CC1. The summed E-state index contributed by atoms with van der Waals surface area (Å²) in [5, 5.41) is 0. The fourth-order valence-electron chi connectivity index (χ4n) is 1.33. The Balaban J connectivity index is 2.36. The summed E-state index contributed by atoms with van der Waals surface area (Å²) in [6, 6.07) is 3.10. The standard InChI is InChI=1S/C11H13FO2/c1-7-3-6-9(12)11(13-2)10(7)14-8-4-5-8/h3,6,8H,4-5H2,1-2H3. The molecule has 2 rings (SSSR count). The van der Waals surface area contributed by atoms with Gasteiger partial charge in [-0.2, -0.15) is 0 Å². The molecule has 1 saturated carbocycles. The van der Waals surface area contributed by atoms with Crippen LogP contribution in [-0.2, 0) is 0 Å². The van der Waals surface area contributed by atoms with Crippen LogP contribution < -0.4 is 9.47 Å². The third-order valence-corrected chi connectivity index (χ3v) is 2.27. The van der Waals surface area contributed by atoms with E-state index in [0.29, 0.717) is 5.75 Å². The van der Waals surface area contributed by atoms with Gasteiger partial charge in [0.25, 0.3) is 0 Å². The second-order valence-corrected chi connectivity index (χ2v) is 3.54. The summed E-state index contributed by atoms with van der Waals surface area (Å²) in [4.78, 5) is 0. The molecule has 0 unspecified atom stereocenters. The van der Waals surface area contributed by atoms with Crippen molar-refractivity contribution in [3.63, 3.8) is 0 Å². The molecule has 1 aliphatic rings. The summed E-state index contributed by atoms with van der Waals surface area (Å²) in [7, 11) is 1.46. The van der Waals surface area contributed by atoms with E-state index in [2.05, 4.69) is 0 Å². The van der Waals surface area contributed by atoms with E-state index in [9.17, 15) is 4.39 Å². The molecule has 0 N–H and O–H groups in total. The van der Waals surface area contributed by atoms with E-state index >= 15 is 0 Å². The van der Waals surface area contributed by atoms with E-state index in [1.807, 2.05) is 6.92 Å². The Bertz CT molecular complexity index is 345. The van der Waals surface area contributed by atoms with E-state index in [0.717, 1.165) is 18.4 Å². The number of aryl methyl sites for hydroxylation is 1. The maximum Gasteiger partial charge on any atom is 0.197 e. The number of rotatable bonds is 3. The fourth-order valence-corrected chi connectivity index (χ4v) is 1.33. The average molecular weight is 196 g/mol. The molecular weight excluding hydrogens is 183 g/mol. The van der Waals surface area contributed by atoms with Gasteiger partial charge in [0.05, 0.1) is 13.2 Å². The van der Waals surface area contributed by atoms with Crippen molar-refractivity contribution in [2.75, 3.05) is 7.11 Å². The molecule has 3 heteroatoms. The van der Waals surface area contributed by atoms with Crippen LogP contribution in [0.25, 0.3) is 0 Å². The molecule has 1 fully saturated rings. The van der Waals surface area contributed by atoms with Crippen LogP contribution in [0.1, 0.15) is 18.4 Å². The second-order valence-electron chi connectivity index (χ2n) is 3.54. The first kappa shape index (κ1) is 9.31. The summed E-state index contributed by atoms with van der Waals surface area (Å²) in [5.41, 5.74) is 0.912. The Labute approximate surface area is 82.6 Å². The lowest BCUT2D eigenvalue weighted by molar-refractivity contribution is 0.273. The molecule has 0 aromatic heterocycles. The number of methoxy groups -OCH3 is 1. The molecule has 1 aromatic rings. The Kier molecular flexibility index (Phi) is 2.32. The van der Waals surface area contributed by atoms with Gasteiger partial charge < -0.3 is 9.47 Å². The first-order chi connectivity index (χ1) is 6.72. The van der Waals surface area contributed by atoms with Crippen LogP contribution >= 0.6 is 0 Å². The number of ether oxygens (including phenoxy) is 2. The minimum Gasteiger partial charge on any atom is -0.490 e. The molecule has 0 bridgehead atoms. The molecule has 0 amide bonds. The molecule has 1 aliphatic carbocycles. The molecular formula is C11H13FO2. The van der Waals surface area contributed by atoms with Crippen molar-refractivity contribution in [2.24, 2.45) is 0 Å². The van der Waals surface area contributed by atoms with Gasteiger partial charge in [-0.15, -0.1) is 0 Å². The third-order valence-electron chi connectivity index (χ3n) is 2.27. The Morgan fingerprint density at radius 2 is 2.00 bits per heavy atom. The van der Waals surface area contributed by atoms with Gasteiger partial charge in [0.2, 0.25) is 0 Å². The van der Waals surface area contributed by atoms with Crippen molar-refractivity contribution >= 4 is 0 Å². The van der Waals surface area contributed by atoms with E-state index in [4.69, 9.17) is 9.47 Å². The van der Waals surface area contributed by atoms with Crippen molar-refractivity contribution < 1.29 is 13.9 Å². The van der Waals surface area contributed by atoms with Crippen molar-refractivity contribution in [3.8, 4) is 11.5 Å². The zero-order valence-corrected chi connectivity index (χ0v) is 8.34.